The van der Waals surface area contributed by atoms with Crippen molar-refractivity contribution in [3.05, 3.63) is 59.2 Å². The number of carbonyl (C=O) groups excluding carboxylic acids is 1. The molecule has 0 spiro atoms. The molecule has 4 aromatic rings. The molecule has 132 valence electrons. The lowest BCUT2D eigenvalue weighted by atomic mass is 10.1. The van der Waals surface area contributed by atoms with Gasteiger partial charge >= 0.3 is 0 Å². The van der Waals surface area contributed by atoms with E-state index >= 15 is 0 Å². The zero-order valence-electron chi connectivity index (χ0n) is 14.2. The molecule has 7 heteroatoms. The second-order valence-corrected chi connectivity index (χ2v) is 7.56. The number of benzene rings is 2. The third-order valence-corrected chi connectivity index (χ3v) is 5.60. The van der Waals surface area contributed by atoms with Crippen molar-refractivity contribution in [3.63, 3.8) is 0 Å². The van der Waals surface area contributed by atoms with Crippen LogP contribution >= 0.6 is 22.9 Å². The van der Waals surface area contributed by atoms with E-state index in [2.05, 4.69) is 0 Å². The molecule has 26 heavy (non-hydrogen) atoms. The number of aliphatic hydroxyl groups excluding tert-OH is 1. The van der Waals surface area contributed by atoms with E-state index in [1.54, 1.807) is 20.2 Å². The molecule has 0 aliphatic heterocycles. The van der Waals surface area contributed by atoms with Crippen LogP contribution < -0.4 is 0 Å². The van der Waals surface area contributed by atoms with E-state index < -0.39 is 12.0 Å². The number of hydrogen-bond donors (Lipinski definition) is 1. The molecule has 2 aromatic carbocycles. The normalized spacial score (nSPS) is 12.6. The van der Waals surface area contributed by atoms with Crippen molar-refractivity contribution >= 4 is 44.0 Å². The van der Waals surface area contributed by atoms with E-state index in [9.17, 15) is 9.90 Å². The Hall–Kier alpha value is -2.41. The standard InChI is InChI=1S/C19H16ClN3O2S/c1-22(2)18(25)17(24)16-15(11-7-3-4-8-12(11)20)21-19-23(16)13-9-5-6-10-14(13)26-19/h3-10,17,24H,1-2H3. The van der Waals surface area contributed by atoms with Gasteiger partial charge in [0, 0.05) is 19.7 Å². The summed E-state index contributed by atoms with van der Waals surface area (Å²) in [6.45, 7) is 0. The van der Waals surface area contributed by atoms with Crippen LogP contribution in [0.25, 0.3) is 26.4 Å². The quantitative estimate of drug-likeness (QED) is 0.580. The lowest BCUT2D eigenvalue weighted by molar-refractivity contribution is -0.138. The first-order chi connectivity index (χ1) is 12.5. The van der Waals surface area contributed by atoms with Crippen LogP contribution in [0.2, 0.25) is 5.02 Å². The predicted octanol–water partition coefficient (Wildman–Crippen LogP) is 3.99. The molecule has 1 N–H and O–H groups in total. The van der Waals surface area contributed by atoms with Gasteiger partial charge in [0.2, 0.25) is 0 Å². The van der Waals surface area contributed by atoms with Gasteiger partial charge in [-0.25, -0.2) is 4.98 Å². The maximum absolute atomic E-state index is 12.5. The molecule has 0 aliphatic rings. The number of thiazole rings is 1. The minimum atomic E-state index is -1.34. The molecule has 1 atom stereocenters. The van der Waals surface area contributed by atoms with E-state index in [-0.39, 0.29) is 0 Å². The number of amides is 1. The van der Waals surface area contributed by atoms with Crippen LogP contribution in [0.15, 0.2) is 48.5 Å². The van der Waals surface area contributed by atoms with Gasteiger partial charge in [-0.05, 0) is 18.2 Å². The van der Waals surface area contributed by atoms with Gasteiger partial charge in [0.15, 0.2) is 11.1 Å². The van der Waals surface area contributed by atoms with Crippen molar-refractivity contribution in [1.29, 1.82) is 0 Å². The lowest BCUT2D eigenvalue weighted by Gasteiger charge is -2.17. The summed E-state index contributed by atoms with van der Waals surface area (Å²) in [6, 6.07) is 15.1. The van der Waals surface area contributed by atoms with Crippen molar-refractivity contribution in [2.75, 3.05) is 14.1 Å². The zero-order chi connectivity index (χ0) is 18.4. The summed E-state index contributed by atoms with van der Waals surface area (Å²) < 4.78 is 2.89. The lowest BCUT2D eigenvalue weighted by Crippen LogP contribution is -2.29. The van der Waals surface area contributed by atoms with E-state index in [1.807, 2.05) is 46.9 Å². The van der Waals surface area contributed by atoms with Crippen LogP contribution in [0.4, 0.5) is 0 Å². The first-order valence-electron chi connectivity index (χ1n) is 8.03. The zero-order valence-corrected chi connectivity index (χ0v) is 15.8. The van der Waals surface area contributed by atoms with Crippen molar-refractivity contribution in [2.45, 2.75) is 6.10 Å². The molecule has 2 heterocycles. The monoisotopic (exact) mass is 385 g/mol. The number of halogens is 1. The number of nitrogens with zero attached hydrogens (tertiary/aromatic N) is 3. The molecule has 0 saturated carbocycles. The number of imidazole rings is 1. The molecular formula is C19H16ClN3O2S. The number of hydrogen-bond acceptors (Lipinski definition) is 4. The summed E-state index contributed by atoms with van der Waals surface area (Å²) in [5.74, 6) is -0.407. The fourth-order valence-corrected chi connectivity index (χ4v) is 4.26. The molecule has 5 nitrogen and oxygen atoms in total. The van der Waals surface area contributed by atoms with Crippen LogP contribution in [-0.2, 0) is 4.79 Å². The average molecular weight is 386 g/mol. The molecule has 4 rings (SSSR count). The van der Waals surface area contributed by atoms with Crippen LogP contribution in [0.3, 0.4) is 0 Å². The highest BCUT2D eigenvalue weighted by molar-refractivity contribution is 7.23. The van der Waals surface area contributed by atoms with Crippen molar-refractivity contribution in [2.24, 2.45) is 0 Å². The smallest absolute Gasteiger partial charge is 0.257 e. The van der Waals surface area contributed by atoms with Crippen molar-refractivity contribution in [3.8, 4) is 11.3 Å². The first kappa shape index (κ1) is 17.0. The van der Waals surface area contributed by atoms with E-state index in [0.29, 0.717) is 26.9 Å². The number of fused-ring (bicyclic) bond motifs is 3. The average Bonchev–Trinajstić information content (AvgIpc) is 3.16. The maximum Gasteiger partial charge on any atom is 0.257 e. The predicted molar refractivity (Wildman–Crippen MR) is 105 cm³/mol. The Bertz CT molecular complexity index is 1130. The molecular weight excluding hydrogens is 370 g/mol. The number of rotatable bonds is 3. The van der Waals surface area contributed by atoms with Gasteiger partial charge < -0.3 is 10.0 Å². The second kappa shape index (κ2) is 6.39. The summed E-state index contributed by atoms with van der Waals surface area (Å²) in [5.41, 5.74) is 2.55. The Labute approximate surface area is 159 Å². The van der Waals surface area contributed by atoms with Crippen LogP contribution in [0, 0.1) is 0 Å². The number of para-hydroxylation sites is 1. The Kier molecular flexibility index (Phi) is 4.19. The van der Waals surface area contributed by atoms with Crippen LogP contribution in [0.1, 0.15) is 11.8 Å². The maximum atomic E-state index is 12.5. The third kappa shape index (κ3) is 2.58. The van der Waals surface area contributed by atoms with E-state index in [0.717, 1.165) is 10.2 Å². The van der Waals surface area contributed by atoms with Gasteiger partial charge in [-0.2, -0.15) is 0 Å². The van der Waals surface area contributed by atoms with Gasteiger partial charge in [0.1, 0.15) is 0 Å². The molecule has 0 aliphatic carbocycles. The Morgan fingerprint density at radius 2 is 1.88 bits per heavy atom. The molecule has 0 bridgehead atoms. The number of likely N-dealkylation sites (N-methyl/N-ethyl adjacent to an activating group) is 1. The fraction of sp³-hybridized carbons (Fsp3) is 0.158. The fourth-order valence-electron chi connectivity index (χ4n) is 3.00. The first-order valence-corrected chi connectivity index (χ1v) is 9.22. The van der Waals surface area contributed by atoms with Crippen LogP contribution in [-0.4, -0.2) is 39.4 Å². The number of aromatic nitrogens is 2. The summed E-state index contributed by atoms with van der Waals surface area (Å²) in [6.07, 6.45) is -1.34. The molecule has 2 aromatic heterocycles. The van der Waals surface area contributed by atoms with Gasteiger partial charge in [-0.3, -0.25) is 9.20 Å². The molecule has 0 saturated heterocycles. The summed E-state index contributed by atoms with van der Waals surface area (Å²) >= 11 is 7.87. The highest BCUT2D eigenvalue weighted by atomic mass is 35.5. The Balaban J connectivity index is 2.07. The minimum Gasteiger partial charge on any atom is -0.377 e. The van der Waals surface area contributed by atoms with Gasteiger partial charge in [0.05, 0.1) is 26.6 Å². The minimum absolute atomic E-state index is 0.407. The van der Waals surface area contributed by atoms with Gasteiger partial charge in [0.25, 0.3) is 5.91 Å². The molecule has 1 amide bonds. The Morgan fingerprint density at radius 1 is 1.19 bits per heavy atom. The Morgan fingerprint density at radius 3 is 2.62 bits per heavy atom. The van der Waals surface area contributed by atoms with Gasteiger partial charge in [-0.1, -0.05) is 53.3 Å². The highest BCUT2D eigenvalue weighted by Gasteiger charge is 2.30. The van der Waals surface area contributed by atoms with E-state index in [1.165, 1.54) is 16.2 Å². The number of aliphatic hydroxyl groups is 1. The summed E-state index contributed by atoms with van der Waals surface area (Å²) in [7, 11) is 3.23. The molecule has 1 unspecified atom stereocenters. The number of carbonyl (C=O) groups is 1. The van der Waals surface area contributed by atoms with Crippen molar-refractivity contribution < 1.29 is 9.90 Å². The SMILES string of the molecule is CN(C)C(=O)C(O)c1c(-c2ccccc2Cl)nc2sc3ccccc3n12. The van der Waals surface area contributed by atoms with Crippen LogP contribution in [0.5, 0.6) is 0 Å². The largest absolute Gasteiger partial charge is 0.377 e. The molecule has 0 radical (unpaired) electrons. The third-order valence-electron chi connectivity index (χ3n) is 4.25. The van der Waals surface area contributed by atoms with E-state index in [4.69, 9.17) is 16.6 Å². The highest BCUT2D eigenvalue weighted by Crippen LogP contribution is 2.38. The summed E-state index contributed by atoms with van der Waals surface area (Å²) in [5, 5.41) is 11.4. The molecule has 0 fully saturated rings. The van der Waals surface area contributed by atoms with Gasteiger partial charge in [-0.15, -0.1) is 0 Å². The second-order valence-electron chi connectivity index (χ2n) is 6.15. The topological polar surface area (TPSA) is 57.8 Å². The summed E-state index contributed by atoms with van der Waals surface area (Å²) in [4.78, 5) is 19.3. The van der Waals surface area contributed by atoms with Crippen molar-refractivity contribution in [1.82, 2.24) is 14.3 Å².